The lowest BCUT2D eigenvalue weighted by Gasteiger charge is -2.22. The van der Waals surface area contributed by atoms with Crippen molar-refractivity contribution in [1.29, 1.82) is 0 Å². The van der Waals surface area contributed by atoms with Crippen LogP contribution in [0, 0.1) is 13.8 Å². The monoisotopic (exact) mass is 453 g/mol. The third kappa shape index (κ3) is 4.34. The molecule has 2 aromatic rings. The Balaban J connectivity index is 0.00000225. The van der Waals surface area contributed by atoms with Gasteiger partial charge in [0.1, 0.15) is 0 Å². The number of aryl methyl sites for hydroxylation is 2. The number of halogens is 1. The molecule has 0 aliphatic carbocycles. The molecule has 1 aromatic heterocycles. The predicted octanol–water partition coefficient (Wildman–Crippen LogP) is 3.22. The van der Waals surface area contributed by atoms with Gasteiger partial charge in [0.2, 0.25) is 0 Å². The highest BCUT2D eigenvalue weighted by atomic mass is 127. The van der Waals surface area contributed by atoms with E-state index in [0.29, 0.717) is 5.92 Å². The minimum Gasteiger partial charge on any atom is -0.352 e. The molecule has 1 aromatic carbocycles. The number of hydrogen-bond donors (Lipinski definition) is 1. The van der Waals surface area contributed by atoms with Crippen molar-refractivity contribution in [3.05, 3.63) is 52.8 Å². The van der Waals surface area contributed by atoms with Gasteiger partial charge in [-0.2, -0.15) is 5.10 Å². The summed E-state index contributed by atoms with van der Waals surface area (Å²) in [5.74, 6) is 1.57. The first-order valence-electron chi connectivity index (χ1n) is 8.59. The van der Waals surface area contributed by atoms with Crippen LogP contribution in [0.25, 0.3) is 0 Å². The molecule has 5 nitrogen and oxygen atoms in total. The Hall–Kier alpha value is -1.57. The van der Waals surface area contributed by atoms with Crippen molar-refractivity contribution in [3.8, 4) is 0 Å². The first-order chi connectivity index (χ1) is 11.6. The Labute approximate surface area is 167 Å². The van der Waals surface area contributed by atoms with E-state index in [1.807, 2.05) is 18.8 Å². The third-order valence-electron chi connectivity index (χ3n) is 5.05. The maximum atomic E-state index is 4.49. The van der Waals surface area contributed by atoms with Gasteiger partial charge in [-0.25, -0.2) is 0 Å². The Kier molecular flexibility index (Phi) is 6.87. The molecule has 6 heteroatoms. The SMILES string of the molecule is CN=C(NCc1c(C)nn(C)c1C)N1CCC(c2ccccc2)C1.I. The van der Waals surface area contributed by atoms with Crippen molar-refractivity contribution in [2.24, 2.45) is 12.0 Å². The molecule has 1 fully saturated rings. The number of nitrogens with one attached hydrogen (secondary N) is 1. The summed E-state index contributed by atoms with van der Waals surface area (Å²) in [6.07, 6.45) is 1.18. The standard InChI is InChI=1S/C19H27N5.HI/c1-14-18(15(2)23(4)22-14)12-21-19(20-3)24-11-10-17(13-24)16-8-6-5-7-9-16;/h5-9,17H,10-13H2,1-4H3,(H,20,21);1H. The first kappa shape index (κ1) is 19.8. The van der Waals surface area contributed by atoms with Crippen LogP contribution in [0.15, 0.2) is 35.3 Å². The number of benzene rings is 1. The highest BCUT2D eigenvalue weighted by Crippen LogP contribution is 2.26. The number of aliphatic imine (C=N–C) groups is 1. The highest BCUT2D eigenvalue weighted by Gasteiger charge is 2.26. The zero-order chi connectivity index (χ0) is 17.1. The van der Waals surface area contributed by atoms with Crippen LogP contribution in [0.4, 0.5) is 0 Å². The minimum absolute atomic E-state index is 0. The van der Waals surface area contributed by atoms with Crippen LogP contribution in [0.3, 0.4) is 0 Å². The van der Waals surface area contributed by atoms with Crippen LogP contribution in [0.1, 0.15) is 34.9 Å². The summed E-state index contributed by atoms with van der Waals surface area (Å²) in [4.78, 5) is 6.84. The molecule has 25 heavy (non-hydrogen) atoms. The molecule has 1 unspecified atom stereocenters. The van der Waals surface area contributed by atoms with Crippen molar-refractivity contribution in [3.63, 3.8) is 0 Å². The van der Waals surface area contributed by atoms with Crippen LogP contribution in [0.5, 0.6) is 0 Å². The zero-order valence-corrected chi connectivity index (χ0v) is 17.8. The number of guanidine groups is 1. The fraction of sp³-hybridized carbons (Fsp3) is 0.474. The number of nitrogens with zero attached hydrogens (tertiary/aromatic N) is 4. The predicted molar refractivity (Wildman–Crippen MR) is 114 cm³/mol. The van der Waals surface area contributed by atoms with E-state index < -0.39 is 0 Å². The molecule has 1 aliphatic rings. The maximum absolute atomic E-state index is 4.49. The molecular formula is C19H28IN5. The van der Waals surface area contributed by atoms with Crippen LogP contribution < -0.4 is 5.32 Å². The molecule has 0 amide bonds. The van der Waals surface area contributed by atoms with Gasteiger partial charge in [0.25, 0.3) is 0 Å². The van der Waals surface area contributed by atoms with E-state index in [9.17, 15) is 0 Å². The van der Waals surface area contributed by atoms with Crippen molar-refractivity contribution in [2.75, 3.05) is 20.1 Å². The molecule has 0 saturated carbocycles. The highest BCUT2D eigenvalue weighted by molar-refractivity contribution is 14.0. The Bertz CT molecular complexity index is 723. The summed E-state index contributed by atoms with van der Waals surface area (Å²) in [5.41, 5.74) is 4.98. The van der Waals surface area contributed by atoms with Gasteiger partial charge in [-0.1, -0.05) is 30.3 Å². The van der Waals surface area contributed by atoms with Gasteiger partial charge in [0.15, 0.2) is 5.96 Å². The van der Waals surface area contributed by atoms with Gasteiger partial charge in [-0.3, -0.25) is 9.67 Å². The average molecular weight is 453 g/mol. The topological polar surface area (TPSA) is 45.5 Å². The molecule has 0 bridgehead atoms. The average Bonchev–Trinajstić information content (AvgIpc) is 3.17. The Morgan fingerprint density at radius 3 is 2.60 bits per heavy atom. The molecule has 2 heterocycles. The quantitative estimate of drug-likeness (QED) is 0.441. The van der Waals surface area contributed by atoms with Crippen LogP contribution in [0.2, 0.25) is 0 Å². The first-order valence-corrected chi connectivity index (χ1v) is 8.59. The summed E-state index contributed by atoms with van der Waals surface area (Å²) < 4.78 is 1.94. The van der Waals surface area contributed by atoms with E-state index in [1.54, 1.807) is 0 Å². The van der Waals surface area contributed by atoms with Crippen LogP contribution >= 0.6 is 24.0 Å². The second-order valence-electron chi connectivity index (χ2n) is 6.52. The van der Waals surface area contributed by atoms with Gasteiger partial charge in [0, 0.05) is 50.9 Å². The van der Waals surface area contributed by atoms with Gasteiger partial charge in [0.05, 0.1) is 5.69 Å². The fourth-order valence-electron chi connectivity index (χ4n) is 3.52. The smallest absolute Gasteiger partial charge is 0.193 e. The van der Waals surface area contributed by atoms with E-state index in [2.05, 4.69) is 64.5 Å². The maximum Gasteiger partial charge on any atom is 0.193 e. The second kappa shape index (κ2) is 8.69. The van der Waals surface area contributed by atoms with Crippen molar-refractivity contribution < 1.29 is 0 Å². The molecule has 1 N–H and O–H groups in total. The normalized spacial score (nSPS) is 17.5. The van der Waals surface area contributed by atoms with E-state index in [-0.39, 0.29) is 24.0 Å². The van der Waals surface area contributed by atoms with E-state index in [1.165, 1.54) is 23.2 Å². The molecule has 1 atom stereocenters. The number of rotatable bonds is 3. The third-order valence-corrected chi connectivity index (χ3v) is 5.05. The second-order valence-corrected chi connectivity index (χ2v) is 6.52. The lowest BCUT2D eigenvalue weighted by molar-refractivity contribution is 0.485. The summed E-state index contributed by atoms with van der Waals surface area (Å²) in [6.45, 7) is 7.01. The summed E-state index contributed by atoms with van der Waals surface area (Å²) in [7, 11) is 3.85. The molecular weight excluding hydrogens is 425 g/mol. The Morgan fingerprint density at radius 1 is 1.28 bits per heavy atom. The summed E-state index contributed by atoms with van der Waals surface area (Å²) >= 11 is 0. The molecule has 136 valence electrons. The Morgan fingerprint density at radius 2 is 2.00 bits per heavy atom. The molecule has 1 aliphatic heterocycles. The lowest BCUT2D eigenvalue weighted by Crippen LogP contribution is -2.39. The van der Waals surface area contributed by atoms with E-state index in [4.69, 9.17) is 0 Å². The number of hydrogen-bond acceptors (Lipinski definition) is 2. The van der Waals surface area contributed by atoms with E-state index >= 15 is 0 Å². The van der Waals surface area contributed by atoms with Crippen molar-refractivity contribution in [1.82, 2.24) is 20.0 Å². The largest absolute Gasteiger partial charge is 0.352 e. The van der Waals surface area contributed by atoms with Crippen LogP contribution in [-0.2, 0) is 13.6 Å². The van der Waals surface area contributed by atoms with E-state index in [0.717, 1.165) is 31.3 Å². The van der Waals surface area contributed by atoms with Crippen molar-refractivity contribution in [2.45, 2.75) is 32.7 Å². The summed E-state index contributed by atoms with van der Waals surface area (Å²) in [6, 6.07) is 10.8. The molecule has 1 saturated heterocycles. The number of aromatic nitrogens is 2. The van der Waals surface area contributed by atoms with Gasteiger partial charge in [-0.05, 0) is 25.8 Å². The number of likely N-dealkylation sites (tertiary alicyclic amines) is 1. The van der Waals surface area contributed by atoms with Gasteiger partial charge in [-0.15, -0.1) is 24.0 Å². The zero-order valence-electron chi connectivity index (χ0n) is 15.5. The molecule has 0 radical (unpaired) electrons. The lowest BCUT2D eigenvalue weighted by atomic mass is 9.99. The molecule has 0 spiro atoms. The minimum atomic E-state index is 0. The van der Waals surface area contributed by atoms with Crippen molar-refractivity contribution >= 4 is 29.9 Å². The van der Waals surface area contributed by atoms with Gasteiger partial charge < -0.3 is 10.2 Å². The fourth-order valence-corrected chi connectivity index (χ4v) is 3.52. The molecule has 3 rings (SSSR count). The summed E-state index contributed by atoms with van der Waals surface area (Å²) in [5, 5.41) is 8.00. The van der Waals surface area contributed by atoms with Crippen LogP contribution in [-0.4, -0.2) is 40.8 Å². The van der Waals surface area contributed by atoms with Gasteiger partial charge >= 0.3 is 0 Å².